The lowest BCUT2D eigenvalue weighted by atomic mass is 9.82. The Morgan fingerprint density at radius 3 is 2.39 bits per heavy atom. The average Bonchev–Trinajstić information content (AvgIpc) is 3.55. The van der Waals surface area contributed by atoms with E-state index in [2.05, 4.69) is 19.6 Å². The van der Waals surface area contributed by atoms with E-state index in [9.17, 15) is 14.0 Å². The summed E-state index contributed by atoms with van der Waals surface area (Å²) < 4.78 is 52.3. The van der Waals surface area contributed by atoms with Gasteiger partial charge >= 0.3 is 6.09 Å². The molecule has 2 aromatic carbocycles. The third-order valence-corrected chi connectivity index (χ3v) is 10.3. The van der Waals surface area contributed by atoms with Crippen molar-refractivity contribution < 1.29 is 27.5 Å². The Bertz CT molecular complexity index is 1510. The van der Waals surface area contributed by atoms with Crippen molar-refractivity contribution in [1.29, 1.82) is 0 Å². The van der Waals surface area contributed by atoms with Gasteiger partial charge in [-0.2, -0.15) is 0 Å². The molecule has 2 amide bonds. The molecule has 0 saturated carbocycles. The highest BCUT2D eigenvalue weighted by Gasteiger charge is 2.43. The van der Waals surface area contributed by atoms with Gasteiger partial charge in [0, 0.05) is 56.6 Å². The van der Waals surface area contributed by atoms with Crippen LogP contribution in [0.3, 0.4) is 0 Å². The van der Waals surface area contributed by atoms with Crippen LogP contribution in [-0.2, 0) is 16.1 Å². The SMILES string of the molecule is CC(C)(C)[C@H](c1cc(-c2cc(F)ccc2F)cn1Cc1ccccc1)N(C[C@@H]1CN(C(=O)OCC[Si](C)(C)C)C[C@@H]1F)C(=O)CCl. The number of nitrogens with zero attached hydrogens (tertiary/aromatic N) is 3. The first-order valence-corrected chi connectivity index (χ1v) is 19.9. The number of ether oxygens (including phenoxy) is 1. The van der Waals surface area contributed by atoms with Crippen LogP contribution in [-0.4, -0.2) is 72.7 Å². The molecule has 0 unspecified atom stereocenters. The van der Waals surface area contributed by atoms with Gasteiger partial charge in [0.05, 0.1) is 19.2 Å². The second-order valence-corrected chi connectivity index (χ2v) is 20.3. The summed E-state index contributed by atoms with van der Waals surface area (Å²) in [5.74, 6) is -2.54. The van der Waals surface area contributed by atoms with E-state index in [-0.39, 0.29) is 31.1 Å². The van der Waals surface area contributed by atoms with E-state index in [4.69, 9.17) is 16.3 Å². The maximum Gasteiger partial charge on any atom is 0.409 e. The van der Waals surface area contributed by atoms with E-state index >= 15 is 8.78 Å². The molecule has 1 aliphatic rings. The second kappa shape index (κ2) is 14.7. The number of benzene rings is 2. The lowest BCUT2D eigenvalue weighted by Crippen LogP contribution is -2.46. The van der Waals surface area contributed by atoms with Gasteiger partial charge in [0.15, 0.2) is 0 Å². The minimum atomic E-state index is -1.42. The van der Waals surface area contributed by atoms with Crippen LogP contribution in [0.1, 0.15) is 38.1 Å². The smallest absolute Gasteiger partial charge is 0.409 e. The summed E-state index contributed by atoms with van der Waals surface area (Å²) >= 11 is 6.17. The zero-order valence-corrected chi connectivity index (χ0v) is 29.3. The molecule has 0 radical (unpaired) electrons. The molecule has 1 fully saturated rings. The van der Waals surface area contributed by atoms with Crippen molar-refractivity contribution in [1.82, 2.24) is 14.4 Å². The lowest BCUT2D eigenvalue weighted by Gasteiger charge is -2.42. The summed E-state index contributed by atoms with van der Waals surface area (Å²) in [6, 6.07) is 14.9. The van der Waals surface area contributed by atoms with Crippen molar-refractivity contribution in [3.63, 3.8) is 0 Å². The zero-order valence-electron chi connectivity index (χ0n) is 27.5. The summed E-state index contributed by atoms with van der Waals surface area (Å²) in [6.45, 7) is 13.2. The molecular formula is C35H45ClF3N3O3Si. The highest BCUT2D eigenvalue weighted by Crippen LogP contribution is 2.42. The van der Waals surface area contributed by atoms with Crippen LogP contribution in [0.4, 0.5) is 18.0 Å². The van der Waals surface area contributed by atoms with Crippen molar-refractivity contribution >= 4 is 31.7 Å². The number of likely N-dealkylation sites (tertiary alicyclic amines) is 1. The van der Waals surface area contributed by atoms with Crippen molar-refractivity contribution in [2.75, 3.05) is 32.1 Å². The molecule has 1 aliphatic heterocycles. The molecule has 0 spiro atoms. The van der Waals surface area contributed by atoms with Crippen LogP contribution in [0, 0.1) is 23.0 Å². The first-order chi connectivity index (χ1) is 21.6. The number of carbonyl (C=O) groups excluding carboxylic acids is 2. The van der Waals surface area contributed by atoms with E-state index in [1.54, 1.807) is 17.2 Å². The number of carbonyl (C=O) groups is 2. The summed E-state index contributed by atoms with van der Waals surface area (Å²) in [5, 5.41) is 0. The van der Waals surface area contributed by atoms with Crippen molar-refractivity contribution in [2.24, 2.45) is 11.3 Å². The normalized spacial score (nSPS) is 17.7. The van der Waals surface area contributed by atoms with Gasteiger partial charge in [0.2, 0.25) is 5.91 Å². The minimum Gasteiger partial charge on any atom is -0.450 e. The van der Waals surface area contributed by atoms with Crippen LogP contribution < -0.4 is 0 Å². The first kappa shape index (κ1) is 35.6. The molecule has 11 heteroatoms. The number of aromatic nitrogens is 1. The van der Waals surface area contributed by atoms with Crippen LogP contribution in [0.2, 0.25) is 25.7 Å². The van der Waals surface area contributed by atoms with Crippen LogP contribution in [0.5, 0.6) is 0 Å². The predicted molar refractivity (Wildman–Crippen MR) is 179 cm³/mol. The fraction of sp³-hybridized carbons (Fsp3) is 0.486. The van der Waals surface area contributed by atoms with Gasteiger partial charge in [-0.3, -0.25) is 4.79 Å². The average molecular weight is 676 g/mol. The Kier molecular flexibility index (Phi) is 11.4. The number of hydrogen-bond acceptors (Lipinski definition) is 3. The first-order valence-electron chi connectivity index (χ1n) is 15.7. The van der Waals surface area contributed by atoms with E-state index < -0.39 is 55.3 Å². The fourth-order valence-electron chi connectivity index (χ4n) is 5.98. The molecule has 250 valence electrons. The van der Waals surface area contributed by atoms with E-state index in [0.29, 0.717) is 24.4 Å². The number of rotatable bonds is 11. The molecule has 1 saturated heterocycles. The molecule has 46 heavy (non-hydrogen) atoms. The maximum atomic E-state index is 15.6. The third kappa shape index (κ3) is 8.97. The molecule has 0 N–H and O–H groups in total. The standard InChI is InChI=1S/C35H45ClF3N3O3Si/c1-35(2,3)33(42(32(43)18-36)22-26-21-41(23-30(26)39)34(44)45-14-15-46(4,5)6)31-16-25(28-17-27(37)12-13-29(28)38)20-40(31)19-24-10-8-7-9-11-24/h7-13,16-17,20,26,30,33H,14-15,18-19,21-23H2,1-6H3/t26-,30-,33-/m0/s1. The molecular weight excluding hydrogens is 631 g/mol. The van der Waals surface area contributed by atoms with Gasteiger partial charge in [0.25, 0.3) is 0 Å². The van der Waals surface area contributed by atoms with E-state index in [1.165, 1.54) is 4.90 Å². The van der Waals surface area contributed by atoms with Crippen LogP contribution in [0.25, 0.3) is 11.1 Å². The minimum absolute atomic E-state index is 0.00746. The maximum absolute atomic E-state index is 15.6. The topological polar surface area (TPSA) is 54.8 Å². The lowest BCUT2D eigenvalue weighted by molar-refractivity contribution is -0.134. The molecule has 1 aromatic heterocycles. The van der Waals surface area contributed by atoms with Crippen LogP contribution >= 0.6 is 11.6 Å². The van der Waals surface area contributed by atoms with Crippen molar-refractivity contribution in [3.8, 4) is 11.1 Å². The molecule has 2 heterocycles. The van der Waals surface area contributed by atoms with Gasteiger partial charge in [-0.15, -0.1) is 11.6 Å². The van der Waals surface area contributed by atoms with E-state index in [0.717, 1.165) is 29.8 Å². The third-order valence-electron chi connectivity index (χ3n) is 8.34. The van der Waals surface area contributed by atoms with Crippen LogP contribution in [0.15, 0.2) is 60.8 Å². The molecule has 6 nitrogen and oxygen atoms in total. The Morgan fingerprint density at radius 2 is 1.76 bits per heavy atom. The Labute approximate surface area is 276 Å². The Morgan fingerprint density at radius 1 is 1.07 bits per heavy atom. The second-order valence-electron chi connectivity index (χ2n) is 14.4. The van der Waals surface area contributed by atoms with Crippen molar-refractivity contribution in [3.05, 3.63) is 83.7 Å². The highest BCUT2D eigenvalue weighted by molar-refractivity contribution is 6.76. The summed E-state index contributed by atoms with van der Waals surface area (Å²) in [6.07, 6.45) is -0.165. The summed E-state index contributed by atoms with van der Waals surface area (Å²) in [4.78, 5) is 29.4. The molecule has 3 aromatic rings. The number of hydrogen-bond donors (Lipinski definition) is 0. The Balaban J connectivity index is 1.71. The largest absolute Gasteiger partial charge is 0.450 e. The quantitative estimate of drug-likeness (QED) is 0.152. The predicted octanol–water partition coefficient (Wildman–Crippen LogP) is 8.38. The van der Waals surface area contributed by atoms with E-state index in [1.807, 2.05) is 55.7 Å². The fourth-order valence-corrected chi connectivity index (χ4v) is 6.85. The van der Waals surface area contributed by atoms with Gasteiger partial charge in [-0.1, -0.05) is 70.7 Å². The number of amides is 2. The zero-order chi connectivity index (χ0) is 33.8. The summed E-state index contributed by atoms with van der Waals surface area (Å²) in [7, 11) is -1.42. The van der Waals surface area contributed by atoms with Gasteiger partial charge < -0.3 is 19.1 Å². The van der Waals surface area contributed by atoms with Gasteiger partial charge in [-0.25, -0.2) is 18.0 Å². The van der Waals surface area contributed by atoms with Crippen molar-refractivity contribution in [2.45, 2.75) is 65.2 Å². The van der Waals surface area contributed by atoms with Gasteiger partial charge in [0.1, 0.15) is 23.7 Å². The molecule has 3 atom stereocenters. The summed E-state index contributed by atoms with van der Waals surface area (Å²) in [5.41, 5.74) is 1.60. The number of halogens is 4. The molecule has 4 rings (SSSR count). The monoisotopic (exact) mass is 675 g/mol. The highest BCUT2D eigenvalue weighted by atomic mass is 35.5. The number of alkyl halides is 2. The molecule has 0 aliphatic carbocycles. The Hall–Kier alpha value is -3.24. The van der Waals surface area contributed by atoms with Gasteiger partial charge in [-0.05, 0) is 41.3 Å². The molecule has 0 bridgehead atoms.